The minimum Gasteiger partial charge on any atom is -0.432 e. The molecular formula is C21H22F3N3O3. The molecule has 2 fully saturated rings. The van der Waals surface area contributed by atoms with E-state index in [0.29, 0.717) is 18.9 Å². The third kappa shape index (κ3) is 4.34. The molecule has 2 aliphatic rings. The van der Waals surface area contributed by atoms with Gasteiger partial charge in [0.2, 0.25) is 5.91 Å². The van der Waals surface area contributed by atoms with Crippen molar-refractivity contribution >= 4 is 22.7 Å². The molecule has 0 radical (unpaired) electrons. The molecule has 1 aromatic heterocycles. The lowest BCUT2D eigenvalue weighted by Gasteiger charge is -2.21. The fourth-order valence-electron chi connectivity index (χ4n) is 4.24. The molecule has 2 aromatic rings. The Labute approximate surface area is 171 Å². The summed E-state index contributed by atoms with van der Waals surface area (Å²) < 4.78 is 42.8. The summed E-state index contributed by atoms with van der Waals surface area (Å²) in [5.41, 5.74) is 0.370. The van der Waals surface area contributed by atoms with Gasteiger partial charge in [-0.15, -0.1) is 0 Å². The van der Waals surface area contributed by atoms with Crippen LogP contribution in [0.1, 0.15) is 42.5 Å². The van der Waals surface area contributed by atoms with Crippen LogP contribution in [0.5, 0.6) is 5.75 Å². The van der Waals surface area contributed by atoms with Gasteiger partial charge < -0.3 is 15.0 Å². The Morgan fingerprint density at radius 2 is 2.00 bits per heavy atom. The van der Waals surface area contributed by atoms with Gasteiger partial charge in [-0.25, -0.2) is 4.39 Å². The quantitative estimate of drug-likeness (QED) is 0.775. The molecule has 4 rings (SSSR count). The first-order chi connectivity index (χ1) is 14.4. The molecule has 1 unspecified atom stereocenters. The van der Waals surface area contributed by atoms with E-state index in [1.807, 2.05) is 4.90 Å². The van der Waals surface area contributed by atoms with Crippen molar-refractivity contribution in [1.29, 1.82) is 0 Å². The largest absolute Gasteiger partial charge is 0.432 e. The molecule has 0 bridgehead atoms. The number of alkyl halides is 2. The van der Waals surface area contributed by atoms with Gasteiger partial charge in [0.1, 0.15) is 6.04 Å². The zero-order chi connectivity index (χ0) is 21.3. The molecule has 160 valence electrons. The summed E-state index contributed by atoms with van der Waals surface area (Å²) in [5, 5.41) is 2.99. The number of fused-ring (bicyclic) bond motifs is 1. The minimum absolute atomic E-state index is 0.0798. The summed E-state index contributed by atoms with van der Waals surface area (Å²) >= 11 is 0. The van der Waals surface area contributed by atoms with Crippen molar-refractivity contribution in [1.82, 2.24) is 15.2 Å². The van der Waals surface area contributed by atoms with E-state index in [0.717, 1.165) is 31.5 Å². The van der Waals surface area contributed by atoms with Gasteiger partial charge in [-0.05, 0) is 37.3 Å². The van der Waals surface area contributed by atoms with Gasteiger partial charge >= 0.3 is 6.61 Å². The van der Waals surface area contributed by atoms with Crippen LogP contribution < -0.4 is 10.1 Å². The number of nitrogens with zero attached hydrogens (tertiary/aromatic N) is 2. The number of halogens is 3. The number of carbonyl (C=O) groups excluding carboxylic acids is 2. The van der Waals surface area contributed by atoms with Crippen molar-refractivity contribution in [2.24, 2.45) is 5.92 Å². The van der Waals surface area contributed by atoms with Gasteiger partial charge in [-0.3, -0.25) is 14.6 Å². The summed E-state index contributed by atoms with van der Waals surface area (Å²) in [4.78, 5) is 31.1. The lowest BCUT2D eigenvalue weighted by atomic mass is 10.1. The van der Waals surface area contributed by atoms with Crippen LogP contribution in [0.2, 0.25) is 0 Å². The second kappa shape index (κ2) is 8.49. The highest BCUT2D eigenvalue weighted by Crippen LogP contribution is 2.28. The topological polar surface area (TPSA) is 71.5 Å². The number of hydrogen-bond acceptors (Lipinski definition) is 4. The molecule has 1 saturated carbocycles. The smallest absolute Gasteiger partial charge is 0.387 e. The molecule has 1 aliphatic heterocycles. The van der Waals surface area contributed by atoms with Crippen LogP contribution in [0, 0.1) is 11.7 Å². The van der Waals surface area contributed by atoms with E-state index >= 15 is 0 Å². The first-order valence-electron chi connectivity index (χ1n) is 10.0. The lowest BCUT2D eigenvalue weighted by Crippen LogP contribution is -2.42. The maximum Gasteiger partial charge on any atom is 0.387 e. The number of aromatic nitrogens is 1. The number of amides is 2. The molecule has 1 aliphatic carbocycles. The van der Waals surface area contributed by atoms with Crippen molar-refractivity contribution < 1.29 is 27.5 Å². The number of carbonyl (C=O) groups is 2. The van der Waals surface area contributed by atoms with Crippen molar-refractivity contribution in [3.63, 3.8) is 0 Å². The average molecular weight is 421 g/mol. The van der Waals surface area contributed by atoms with Gasteiger partial charge in [0.15, 0.2) is 11.6 Å². The van der Waals surface area contributed by atoms with E-state index in [4.69, 9.17) is 0 Å². The third-order valence-electron chi connectivity index (χ3n) is 5.77. The maximum atomic E-state index is 14.0. The zero-order valence-corrected chi connectivity index (χ0v) is 16.2. The van der Waals surface area contributed by atoms with Gasteiger partial charge in [-0.1, -0.05) is 12.8 Å². The maximum absolute atomic E-state index is 14.0. The number of likely N-dealkylation sites (tertiary alicyclic amines) is 1. The monoisotopic (exact) mass is 421 g/mol. The molecule has 2 heterocycles. The Kier molecular flexibility index (Phi) is 5.78. The molecule has 30 heavy (non-hydrogen) atoms. The van der Waals surface area contributed by atoms with Crippen molar-refractivity contribution in [3.05, 3.63) is 35.8 Å². The second-order valence-corrected chi connectivity index (χ2v) is 7.83. The standard InChI is InChI=1S/C21H22F3N3O3/c22-15-8-13-7-14(10-25-17(13)9-18(15)30-21(23)24)19(28)26-16-5-6-27(20(16)29)11-12-3-1-2-4-12/h7-10,12,16,21H,1-6,11H2,(H,26,28). The Bertz CT molecular complexity index is 963. The summed E-state index contributed by atoms with van der Waals surface area (Å²) in [6.07, 6.45) is 6.50. The van der Waals surface area contributed by atoms with Crippen LogP contribution in [0.25, 0.3) is 10.9 Å². The zero-order valence-electron chi connectivity index (χ0n) is 16.2. The fourth-order valence-corrected chi connectivity index (χ4v) is 4.24. The Hall–Kier alpha value is -2.84. The number of nitrogens with one attached hydrogen (secondary N) is 1. The molecule has 0 spiro atoms. The van der Waals surface area contributed by atoms with Crippen molar-refractivity contribution in [3.8, 4) is 5.75 Å². The Morgan fingerprint density at radius 1 is 1.23 bits per heavy atom. The summed E-state index contributed by atoms with van der Waals surface area (Å²) in [6.45, 7) is -1.79. The highest BCUT2D eigenvalue weighted by atomic mass is 19.3. The summed E-state index contributed by atoms with van der Waals surface area (Å²) in [5.74, 6) is -1.61. The normalized spacial score (nSPS) is 19.8. The van der Waals surface area contributed by atoms with Gasteiger partial charge in [-0.2, -0.15) is 8.78 Å². The first kappa shape index (κ1) is 20.4. The van der Waals surface area contributed by atoms with E-state index < -0.39 is 30.1 Å². The van der Waals surface area contributed by atoms with Crippen molar-refractivity contribution in [2.75, 3.05) is 13.1 Å². The Balaban J connectivity index is 1.43. The highest BCUT2D eigenvalue weighted by Gasteiger charge is 2.34. The van der Waals surface area contributed by atoms with E-state index in [9.17, 15) is 22.8 Å². The van der Waals surface area contributed by atoms with E-state index in [1.165, 1.54) is 25.1 Å². The molecule has 1 saturated heterocycles. The molecule has 1 aromatic carbocycles. The second-order valence-electron chi connectivity index (χ2n) is 7.83. The SMILES string of the molecule is O=C(NC1CCN(CC2CCCC2)C1=O)c1cnc2cc(OC(F)F)c(F)cc2c1. The van der Waals surface area contributed by atoms with Crippen LogP contribution in [-0.2, 0) is 4.79 Å². The van der Waals surface area contributed by atoms with Crippen LogP contribution >= 0.6 is 0 Å². The van der Waals surface area contributed by atoms with E-state index in [1.54, 1.807) is 0 Å². The van der Waals surface area contributed by atoms with Crippen molar-refractivity contribution in [2.45, 2.75) is 44.8 Å². The average Bonchev–Trinajstić information content (AvgIpc) is 3.33. The molecule has 1 atom stereocenters. The number of hydrogen-bond donors (Lipinski definition) is 1. The fraction of sp³-hybridized carbons (Fsp3) is 0.476. The van der Waals surface area contributed by atoms with Crippen LogP contribution in [-0.4, -0.2) is 47.4 Å². The van der Waals surface area contributed by atoms with Crippen LogP contribution in [0.4, 0.5) is 13.2 Å². The number of ether oxygens (including phenoxy) is 1. The molecule has 6 nitrogen and oxygen atoms in total. The predicted molar refractivity (Wildman–Crippen MR) is 103 cm³/mol. The Morgan fingerprint density at radius 3 is 2.73 bits per heavy atom. The van der Waals surface area contributed by atoms with Gasteiger partial charge in [0.05, 0.1) is 11.1 Å². The summed E-state index contributed by atoms with van der Waals surface area (Å²) in [7, 11) is 0. The number of pyridine rings is 1. The molecule has 2 amide bonds. The summed E-state index contributed by atoms with van der Waals surface area (Å²) in [6, 6.07) is 2.86. The molecular weight excluding hydrogens is 399 g/mol. The minimum atomic E-state index is -3.15. The van der Waals surface area contributed by atoms with Crippen LogP contribution in [0.15, 0.2) is 24.4 Å². The highest BCUT2D eigenvalue weighted by molar-refractivity contribution is 6.00. The molecule has 9 heteroatoms. The van der Waals surface area contributed by atoms with Gasteiger partial charge in [0.25, 0.3) is 5.91 Å². The third-order valence-corrected chi connectivity index (χ3v) is 5.77. The van der Waals surface area contributed by atoms with Crippen LogP contribution in [0.3, 0.4) is 0 Å². The van der Waals surface area contributed by atoms with E-state index in [-0.39, 0.29) is 22.4 Å². The number of rotatable bonds is 6. The lowest BCUT2D eigenvalue weighted by molar-refractivity contribution is -0.129. The molecule has 1 N–H and O–H groups in total. The first-order valence-corrected chi connectivity index (χ1v) is 10.0. The van der Waals surface area contributed by atoms with E-state index in [2.05, 4.69) is 15.0 Å². The van der Waals surface area contributed by atoms with Gasteiger partial charge in [0, 0.05) is 30.7 Å². The number of benzene rings is 1. The predicted octanol–water partition coefficient (Wildman–Crippen LogP) is 3.50.